The molecule has 0 aliphatic heterocycles. The second-order valence-electron chi connectivity index (χ2n) is 5.04. The van der Waals surface area contributed by atoms with Gasteiger partial charge in [0.05, 0.1) is 0 Å². The minimum atomic E-state index is -0.884. The van der Waals surface area contributed by atoms with Crippen LogP contribution in [0.15, 0.2) is 0 Å². The van der Waals surface area contributed by atoms with Crippen molar-refractivity contribution in [3.8, 4) is 0 Å². The Morgan fingerprint density at radius 2 is 2.00 bits per heavy atom. The van der Waals surface area contributed by atoms with Gasteiger partial charge in [0.1, 0.15) is 5.67 Å². The van der Waals surface area contributed by atoms with Gasteiger partial charge in [0, 0.05) is 0 Å². The molecular formula is C11H21F. The molecule has 1 rings (SSSR count). The van der Waals surface area contributed by atoms with Gasteiger partial charge in [-0.15, -0.1) is 0 Å². The van der Waals surface area contributed by atoms with Crippen LogP contribution in [0.1, 0.15) is 47.0 Å². The van der Waals surface area contributed by atoms with E-state index in [0.717, 1.165) is 31.1 Å². The second-order valence-corrected chi connectivity index (χ2v) is 5.04. The van der Waals surface area contributed by atoms with Crippen LogP contribution in [0.2, 0.25) is 0 Å². The number of alkyl halides is 1. The van der Waals surface area contributed by atoms with Crippen molar-refractivity contribution < 1.29 is 4.39 Å². The average Bonchev–Trinajstić information content (AvgIpc) is 1.83. The summed E-state index contributed by atoms with van der Waals surface area (Å²) >= 11 is 0. The van der Waals surface area contributed by atoms with Gasteiger partial charge >= 0.3 is 0 Å². The van der Waals surface area contributed by atoms with Crippen LogP contribution in [-0.4, -0.2) is 5.67 Å². The Kier molecular flexibility index (Phi) is 2.80. The van der Waals surface area contributed by atoms with Crippen molar-refractivity contribution in [2.45, 2.75) is 52.6 Å². The molecule has 3 unspecified atom stereocenters. The van der Waals surface area contributed by atoms with Crippen molar-refractivity contribution in [2.24, 2.45) is 17.8 Å². The highest BCUT2D eigenvalue weighted by atomic mass is 19.1. The van der Waals surface area contributed by atoms with Crippen LogP contribution in [0.4, 0.5) is 4.39 Å². The predicted octanol–water partition coefficient (Wildman–Crippen LogP) is 3.81. The van der Waals surface area contributed by atoms with Gasteiger partial charge in [-0.3, -0.25) is 0 Å². The van der Waals surface area contributed by atoms with Crippen LogP contribution in [0.5, 0.6) is 0 Å². The van der Waals surface area contributed by atoms with Gasteiger partial charge < -0.3 is 0 Å². The zero-order valence-electron chi connectivity index (χ0n) is 8.73. The number of hydrogen-bond donors (Lipinski definition) is 0. The van der Waals surface area contributed by atoms with Crippen molar-refractivity contribution in [2.75, 3.05) is 0 Å². The monoisotopic (exact) mass is 172 g/mol. The molecule has 1 heteroatoms. The van der Waals surface area contributed by atoms with E-state index in [1.54, 1.807) is 6.92 Å². The van der Waals surface area contributed by atoms with Crippen molar-refractivity contribution in [3.05, 3.63) is 0 Å². The topological polar surface area (TPSA) is 0 Å². The third-order valence-corrected chi connectivity index (χ3v) is 3.33. The van der Waals surface area contributed by atoms with Gasteiger partial charge in [-0.25, -0.2) is 4.39 Å². The largest absolute Gasteiger partial charge is 0.244 e. The number of hydrogen-bond acceptors (Lipinski definition) is 0. The summed E-state index contributed by atoms with van der Waals surface area (Å²) in [6, 6.07) is 0. The molecule has 1 fully saturated rings. The quantitative estimate of drug-likeness (QED) is 0.564. The molecule has 0 spiro atoms. The van der Waals surface area contributed by atoms with E-state index in [4.69, 9.17) is 0 Å². The molecule has 0 aromatic rings. The van der Waals surface area contributed by atoms with Crippen molar-refractivity contribution in [3.63, 3.8) is 0 Å². The standard InChI is InChI=1S/C11H21F/c1-8(2)10-5-6-11(4,12)7-9(10)3/h8-10H,5-7H2,1-4H3. The molecule has 0 aromatic heterocycles. The van der Waals surface area contributed by atoms with E-state index in [9.17, 15) is 4.39 Å². The molecule has 0 bridgehead atoms. The van der Waals surface area contributed by atoms with Gasteiger partial charge in [-0.2, -0.15) is 0 Å². The predicted molar refractivity (Wildman–Crippen MR) is 50.9 cm³/mol. The highest BCUT2D eigenvalue weighted by molar-refractivity contribution is 4.86. The lowest BCUT2D eigenvalue weighted by Gasteiger charge is -2.38. The minimum absolute atomic E-state index is 0.564. The summed E-state index contributed by atoms with van der Waals surface area (Å²) in [5.41, 5.74) is -0.884. The zero-order chi connectivity index (χ0) is 9.35. The Morgan fingerprint density at radius 3 is 2.42 bits per heavy atom. The molecule has 0 amide bonds. The van der Waals surface area contributed by atoms with Crippen LogP contribution in [0.3, 0.4) is 0 Å². The summed E-state index contributed by atoms with van der Waals surface area (Å²) in [7, 11) is 0. The summed E-state index contributed by atoms with van der Waals surface area (Å²) in [4.78, 5) is 0. The molecule has 0 N–H and O–H groups in total. The molecule has 0 heterocycles. The second kappa shape index (κ2) is 3.35. The first-order valence-electron chi connectivity index (χ1n) is 5.11. The molecule has 72 valence electrons. The van der Waals surface area contributed by atoms with E-state index >= 15 is 0 Å². The first-order chi connectivity index (χ1) is 5.42. The van der Waals surface area contributed by atoms with E-state index in [-0.39, 0.29) is 0 Å². The van der Waals surface area contributed by atoms with Gasteiger partial charge in [0.15, 0.2) is 0 Å². The molecule has 1 saturated carbocycles. The van der Waals surface area contributed by atoms with E-state index in [1.807, 2.05) is 0 Å². The highest BCUT2D eigenvalue weighted by Crippen LogP contribution is 2.41. The average molecular weight is 172 g/mol. The Labute approximate surface area is 75.5 Å². The lowest BCUT2D eigenvalue weighted by atomic mass is 9.70. The normalized spacial score (nSPS) is 43.5. The van der Waals surface area contributed by atoms with Crippen LogP contribution >= 0.6 is 0 Å². The first kappa shape index (κ1) is 10.0. The SMILES string of the molecule is CC(C)C1CCC(C)(F)CC1C. The molecule has 0 aromatic carbocycles. The van der Waals surface area contributed by atoms with Crippen LogP contribution in [0.25, 0.3) is 0 Å². The lowest BCUT2D eigenvalue weighted by Crippen LogP contribution is -2.34. The Morgan fingerprint density at radius 1 is 1.42 bits per heavy atom. The smallest absolute Gasteiger partial charge is 0.108 e. The lowest BCUT2D eigenvalue weighted by molar-refractivity contribution is 0.0483. The van der Waals surface area contributed by atoms with E-state index < -0.39 is 5.67 Å². The van der Waals surface area contributed by atoms with E-state index in [0.29, 0.717) is 5.92 Å². The third-order valence-electron chi connectivity index (χ3n) is 3.33. The highest BCUT2D eigenvalue weighted by Gasteiger charge is 2.36. The van der Waals surface area contributed by atoms with Crippen molar-refractivity contribution in [1.82, 2.24) is 0 Å². The third kappa shape index (κ3) is 2.21. The van der Waals surface area contributed by atoms with Crippen molar-refractivity contribution >= 4 is 0 Å². The number of halogens is 1. The fourth-order valence-electron chi connectivity index (χ4n) is 2.67. The Hall–Kier alpha value is -0.0700. The van der Waals surface area contributed by atoms with Crippen molar-refractivity contribution in [1.29, 1.82) is 0 Å². The van der Waals surface area contributed by atoms with Gasteiger partial charge in [0.2, 0.25) is 0 Å². The van der Waals surface area contributed by atoms with Crippen LogP contribution in [-0.2, 0) is 0 Å². The summed E-state index contributed by atoms with van der Waals surface area (Å²) < 4.78 is 13.6. The zero-order valence-corrected chi connectivity index (χ0v) is 8.73. The summed E-state index contributed by atoms with van der Waals surface area (Å²) in [5.74, 6) is 2.03. The maximum Gasteiger partial charge on any atom is 0.108 e. The van der Waals surface area contributed by atoms with Gasteiger partial charge in [0.25, 0.3) is 0 Å². The maximum absolute atomic E-state index is 13.6. The minimum Gasteiger partial charge on any atom is -0.244 e. The van der Waals surface area contributed by atoms with Crippen LogP contribution < -0.4 is 0 Å². The molecule has 1 aliphatic carbocycles. The Balaban J connectivity index is 2.54. The first-order valence-corrected chi connectivity index (χ1v) is 5.11. The van der Waals surface area contributed by atoms with E-state index in [2.05, 4.69) is 20.8 Å². The molecule has 12 heavy (non-hydrogen) atoms. The van der Waals surface area contributed by atoms with Gasteiger partial charge in [-0.1, -0.05) is 20.8 Å². The molecule has 1 aliphatic rings. The van der Waals surface area contributed by atoms with Crippen LogP contribution in [0, 0.1) is 17.8 Å². The summed E-state index contributed by atoms with van der Waals surface area (Å²) in [6.45, 7) is 8.45. The molecule has 3 atom stereocenters. The molecule has 0 radical (unpaired) electrons. The fraction of sp³-hybridized carbons (Fsp3) is 1.00. The maximum atomic E-state index is 13.6. The Bertz CT molecular complexity index is 149. The summed E-state index contributed by atoms with van der Waals surface area (Å²) in [6.07, 6.45) is 2.60. The number of rotatable bonds is 1. The summed E-state index contributed by atoms with van der Waals surface area (Å²) in [5, 5.41) is 0. The van der Waals surface area contributed by atoms with Gasteiger partial charge in [-0.05, 0) is 43.9 Å². The molecular weight excluding hydrogens is 151 g/mol. The fourth-order valence-corrected chi connectivity index (χ4v) is 2.67. The molecule has 0 nitrogen and oxygen atoms in total. The molecule has 0 saturated heterocycles. The van der Waals surface area contributed by atoms with E-state index in [1.165, 1.54) is 0 Å².